The first-order chi connectivity index (χ1) is 15.9. The molecule has 1 atom stereocenters. The lowest BCUT2D eigenvalue weighted by Gasteiger charge is -2.40. The molecule has 0 bridgehead atoms. The third-order valence-corrected chi connectivity index (χ3v) is 6.18. The maximum atomic E-state index is 14.6. The van der Waals surface area contributed by atoms with Gasteiger partial charge in [0.05, 0.1) is 5.44 Å². The smallest absolute Gasteiger partial charge is 0.348 e. The number of imide groups is 1. The van der Waals surface area contributed by atoms with Crippen LogP contribution < -0.4 is 5.32 Å². The Morgan fingerprint density at radius 2 is 1.85 bits per heavy atom. The lowest BCUT2D eigenvalue weighted by atomic mass is 9.70. The van der Waals surface area contributed by atoms with Crippen LogP contribution in [0.2, 0.25) is 5.02 Å². The molecule has 1 saturated heterocycles. The summed E-state index contributed by atoms with van der Waals surface area (Å²) in [5, 5.41) is 2.38. The normalized spacial score (nSPS) is 20.2. The first kappa shape index (κ1) is 23.9. The minimum Gasteiger partial charge on any atom is -0.387 e. The topological polar surface area (TPSA) is 86.8 Å². The summed E-state index contributed by atoms with van der Waals surface area (Å²) in [6.07, 6.45) is -0.0468. The van der Waals surface area contributed by atoms with Crippen LogP contribution in [0.5, 0.6) is 0 Å². The summed E-state index contributed by atoms with van der Waals surface area (Å²) >= 11 is 5.71. The molecular formula is C22H16B2ClF2N3O4. The van der Waals surface area contributed by atoms with Crippen molar-refractivity contribution in [2.45, 2.75) is 37.3 Å². The van der Waals surface area contributed by atoms with Gasteiger partial charge in [0.2, 0.25) is 19.8 Å². The van der Waals surface area contributed by atoms with Gasteiger partial charge >= 0.3 is 5.92 Å². The summed E-state index contributed by atoms with van der Waals surface area (Å²) in [6.45, 7) is -0.383. The molecule has 0 aromatic heterocycles. The second-order valence-electron chi connectivity index (χ2n) is 8.20. The van der Waals surface area contributed by atoms with Crippen molar-refractivity contribution in [1.29, 1.82) is 0 Å². The van der Waals surface area contributed by atoms with Gasteiger partial charge in [-0.3, -0.25) is 24.5 Å². The number of hydrogen-bond acceptors (Lipinski definition) is 4. The molecule has 1 fully saturated rings. The number of fused-ring (bicyclic) bond motifs is 1. The highest BCUT2D eigenvalue weighted by atomic mass is 35.5. The van der Waals surface area contributed by atoms with E-state index in [1.165, 1.54) is 35.2 Å². The van der Waals surface area contributed by atoms with Crippen LogP contribution in [0.25, 0.3) is 0 Å². The average Bonchev–Trinajstić information content (AvgIpc) is 3.12. The van der Waals surface area contributed by atoms with Crippen molar-refractivity contribution < 1.29 is 28.0 Å². The number of benzene rings is 2. The van der Waals surface area contributed by atoms with Gasteiger partial charge in [-0.2, -0.15) is 8.78 Å². The molecule has 2 aliphatic rings. The minimum atomic E-state index is -3.87. The quantitative estimate of drug-likeness (QED) is 0.521. The largest absolute Gasteiger partial charge is 0.387 e. The molecule has 170 valence electrons. The molecule has 34 heavy (non-hydrogen) atoms. The van der Waals surface area contributed by atoms with E-state index >= 15 is 0 Å². The molecule has 4 radical (unpaired) electrons. The van der Waals surface area contributed by atoms with Crippen molar-refractivity contribution in [3.63, 3.8) is 0 Å². The molecule has 0 saturated carbocycles. The molecule has 1 unspecified atom stereocenters. The van der Waals surface area contributed by atoms with Crippen molar-refractivity contribution in [3.8, 4) is 0 Å². The molecule has 4 amide bonds. The molecule has 7 nitrogen and oxygen atoms in total. The van der Waals surface area contributed by atoms with Crippen molar-refractivity contribution in [2.24, 2.45) is 0 Å². The summed E-state index contributed by atoms with van der Waals surface area (Å²) in [5.41, 5.74) is -1.08. The van der Waals surface area contributed by atoms with Crippen LogP contribution in [0.3, 0.4) is 0 Å². The van der Waals surface area contributed by atoms with Gasteiger partial charge in [-0.1, -0.05) is 35.9 Å². The number of halogens is 3. The number of piperidine rings is 1. The molecule has 2 heterocycles. The van der Waals surface area contributed by atoms with E-state index < -0.39 is 40.6 Å². The number of hydrogen-bond donors (Lipinski definition) is 1. The number of alkyl halides is 2. The van der Waals surface area contributed by atoms with Gasteiger partial charge in [-0.05, 0) is 35.7 Å². The molecule has 0 spiro atoms. The SMILES string of the molecule is [B]N(Cc1ccc2c(c1)CN(C1([B])CCC(=O)NC1=O)C2=O)C(=O)C(F)(F)c1ccc(Cl)cc1. The van der Waals surface area contributed by atoms with Crippen molar-refractivity contribution in [2.75, 3.05) is 0 Å². The molecule has 0 aliphatic carbocycles. The van der Waals surface area contributed by atoms with E-state index in [0.29, 0.717) is 15.9 Å². The summed E-state index contributed by atoms with van der Waals surface area (Å²) in [4.78, 5) is 50.6. The second-order valence-corrected chi connectivity index (χ2v) is 8.64. The first-order valence-corrected chi connectivity index (χ1v) is 10.6. The van der Waals surface area contributed by atoms with Crippen molar-refractivity contribution >= 4 is 51.1 Å². The third-order valence-electron chi connectivity index (χ3n) is 5.92. The van der Waals surface area contributed by atoms with Crippen molar-refractivity contribution in [3.05, 3.63) is 69.7 Å². The number of carbonyl (C=O) groups excluding carboxylic acids is 4. The summed E-state index contributed by atoms with van der Waals surface area (Å²) in [5.74, 6) is -7.23. The zero-order valence-electron chi connectivity index (χ0n) is 17.7. The van der Waals surface area contributed by atoms with Crippen LogP contribution in [-0.4, -0.2) is 54.6 Å². The first-order valence-electron chi connectivity index (χ1n) is 10.2. The van der Waals surface area contributed by atoms with Gasteiger partial charge in [-0.15, -0.1) is 0 Å². The Hall–Kier alpha value is -3.20. The molecule has 2 aromatic carbocycles. The Labute approximate surface area is 201 Å². The molecule has 1 N–H and O–H groups in total. The van der Waals surface area contributed by atoms with Gasteiger partial charge in [-0.25, -0.2) is 0 Å². The van der Waals surface area contributed by atoms with Crippen LogP contribution in [0.1, 0.15) is 39.9 Å². The predicted octanol–water partition coefficient (Wildman–Crippen LogP) is 1.80. The number of nitrogens with one attached hydrogen (secondary N) is 1. The van der Waals surface area contributed by atoms with Gasteiger partial charge in [0, 0.05) is 35.7 Å². The standard InChI is InChI=1S/C22H16B2ClF2N3O4/c23-21(8-7-17(31)28-19(21)33)29-11-13-9-12(1-6-16(13)18(29)32)10-30(24)20(34)22(26,27)14-2-4-15(25)5-3-14/h1-6,9H,7-8,10-11H2,(H,28,31,33). The monoisotopic (exact) mass is 481 g/mol. The average molecular weight is 481 g/mol. The van der Waals surface area contributed by atoms with E-state index in [4.69, 9.17) is 27.4 Å². The van der Waals surface area contributed by atoms with Gasteiger partial charge in [0.25, 0.3) is 11.8 Å². The van der Waals surface area contributed by atoms with Gasteiger partial charge < -0.3 is 9.71 Å². The Bertz CT molecular complexity index is 1210. The highest BCUT2D eigenvalue weighted by Gasteiger charge is 2.48. The van der Waals surface area contributed by atoms with Crippen LogP contribution in [-0.2, 0) is 33.4 Å². The van der Waals surface area contributed by atoms with Gasteiger partial charge in [0.1, 0.15) is 7.85 Å². The van der Waals surface area contributed by atoms with Crippen molar-refractivity contribution in [1.82, 2.24) is 15.0 Å². The Balaban J connectivity index is 1.50. The van der Waals surface area contributed by atoms with E-state index in [1.54, 1.807) is 0 Å². The van der Waals surface area contributed by atoms with E-state index in [2.05, 4.69) is 5.32 Å². The number of carbonyl (C=O) groups is 4. The zero-order chi connectivity index (χ0) is 24.8. The maximum absolute atomic E-state index is 14.6. The predicted molar refractivity (Wildman–Crippen MR) is 119 cm³/mol. The zero-order valence-corrected chi connectivity index (χ0v) is 18.4. The summed E-state index contributed by atoms with van der Waals surface area (Å²) in [6, 6.07) is 9.04. The third kappa shape index (κ3) is 4.09. The fourth-order valence-electron chi connectivity index (χ4n) is 4.00. The molecular weight excluding hydrogens is 465 g/mol. The Kier molecular flexibility index (Phi) is 6.01. The van der Waals surface area contributed by atoms with E-state index in [1.807, 2.05) is 0 Å². The fourth-order valence-corrected chi connectivity index (χ4v) is 4.12. The van der Waals surface area contributed by atoms with Crippen LogP contribution in [0.4, 0.5) is 8.78 Å². The Morgan fingerprint density at radius 1 is 1.18 bits per heavy atom. The van der Waals surface area contributed by atoms with Crippen LogP contribution in [0, 0.1) is 0 Å². The van der Waals surface area contributed by atoms with Gasteiger partial charge in [0.15, 0.2) is 0 Å². The molecule has 2 aliphatic heterocycles. The molecule has 2 aromatic rings. The number of rotatable bonds is 5. The highest BCUT2D eigenvalue weighted by molar-refractivity contribution is 6.32. The summed E-state index contributed by atoms with van der Waals surface area (Å²) in [7, 11) is 11.9. The lowest BCUT2D eigenvalue weighted by Crippen LogP contribution is -2.63. The maximum Gasteiger partial charge on any atom is 0.348 e. The minimum absolute atomic E-state index is 0.0142. The van der Waals surface area contributed by atoms with E-state index in [0.717, 1.165) is 12.1 Å². The lowest BCUT2D eigenvalue weighted by molar-refractivity contribution is -0.154. The number of amides is 4. The van der Waals surface area contributed by atoms with Crippen LogP contribution in [0.15, 0.2) is 42.5 Å². The number of nitrogens with zero attached hydrogens (tertiary/aromatic N) is 2. The van der Waals surface area contributed by atoms with E-state index in [9.17, 15) is 28.0 Å². The van der Waals surface area contributed by atoms with E-state index in [-0.39, 0.29) is 36.5 Å². The fraction of sp³-hybridized carbons (Fsp3) is 0.273. The summed E-state index contributed by atoms with van der Waals surface area (Å²) < 4.78 is 29.3. The van der Waals surface area contributed by atoms with Crippen LogP contribution >= 0.6 is 11.6 Å². The Morgan fingerprint density at radius 3 is 2.50 bits per heavy atom. The molecule has 4 rings (SSSR count). The molecule has 12 heteroatoms. The second kappa shape index (κ2) is 8.54. The highest BCUT2D eigenvalue weighted by Crippen LogP contribution is 2.34.